The van der Waals surface area contributed by atoms with Crippen LogP contribution in [0.4, 0.5) is 0 Å². The van der Waals surface area contributed by atoms with Crippen molar-refractivity contribution in [2.45, 2.75) is 18.5 Å². The van der Waals surface area contributed by atoms with Crippen LogP contribution in [0.3, 0.4) is 0 Å². The second kappa shape index (κ2) is 7.75. The molecule has 0 saturated carbocycles. The normalized spacial score (nSPS) is 18.1. The number of ketones is 1. The zero-order valence-corrected chi connectivity index (χ0v) is 16.0. The smallest absolute Gasteiger partial charge is 0.292 e. The van der Waals surface area contributed by atoms with Gasteiger partial charge >= 0.3 is 11.4 Å². The van der Waals surface area contributed by atoms with E-state index in [1.807, 2.05) is 60.7 Å². The second-order valence-corrected chi connectivity index (χ2v) is 7.01. The molecule has 0 amide bonds. The first-order valence-corrected chi connectivity index (χ1v) is 9.44. The molecule has 0 radical (unpaired) electrons. The molecule has 4 rings (SSSR count). The Bertz CT molecular complexity index is 1200. The molecule has 2 aromatic carbocycles. The van der Waals surface area contributed by atoms with E-state index in [0.29, 0.717) is 5.56 Å². The van der Waals surface area contributed by atoms with Crippen LogP contribution in [0.15, 0.2) is 94.6 Å². The lowest BCUT2D eigenvalue weighted by molar-refractivity contribution is 0.0957. The highest BCUT2D eigenvalue weighted by Crippen LogP contribution is 2.32. The zero-order valence-electron chi connectivity index (χ0n) is 16.0. The molecule has 0 aliphatic heterocycles. The molecule has 29 heavy (non-hydrogen) atoms. The summed E-state index contributed by atoms with van der Waals surface area (Å²) in [5.74, 6) is -0.350. The predicted octanol–water partition coefficient (Wildman–Crippen LogP) is 2.68. The first kappa shape index (κ1) is 18.7. The van der Waals surface area contributed by atoms with Gasteiger partial charge in [0.1, 0.15) is 6.54 Å². The molecule has 0 N–H and O–H groups in total. The Labute approximate surface area is 167 Å². The van der Waals surface area contributed by atoms with Crippen molar-refractivity contribution in [1.82, 2.24) is 13.9 Å². The van der Waals surface area contributed by atoms with Gasteiger partial charge in [-0.2, -0.15) is 0 Å². The van der Waals surface area contributed by atoms with Crippen LogP contribution >= 0.6 is 0 Å². The molecule has 3 aromatic rings. The lowest BCUT2D eigenvalue weighted by Crippen LogP contribution is -2.35. The number of aromatic nitrogens is 3. The molecule has 0 unspecified atom stereocenters. The van der Waals surface area contributed by atoms with Crippen molar-refractivity contribution in [3.63, 3.8) is 0 Å². The quantitative estimate of drug-likeness (QED) is 0.632. The Morgan fingerprint density at radius 2 is 1.48 bits per heavy atom. The average molecular weight is 387 g/mol. The van der Waals surface area contributed by atoms with E-state index >= 15 is 0 Å². The van der Waals surface area contributed by atoms with Gasteiger partial charge in [-0.15, -0.1) is 0 Å². The first-order valence-electron chi connectivity index (χ1n) is 9.44. The Morgan fingerprint density at radius 1 is 0.862 bits per heavy atom. The molecule has 1 aromatic heterocycles. The third-order valence-corrected chi connectivity index (χ3v) is 5.21. The Hall–Kier alpha value is -3.67. The minimum absolute atomic E-state index is 0.126. The maximum Gasteiger partial charge on any atom is 0.347 e. The molecule has 6 heteroatoms. The number of allylic oxidation sites excluding steroid dienone is 4. The lowest BCUT2D eigenvalue weighted by Gasteiger charge is -2.26. The number of carbonyl (C=O) groups is 1. The molecule has 1 heterocycles. The number of hydrogen-bond donors (Lipinski definition) is 0. The van der Waals surface area contributed by atoms with E-state index in [2.05, 4.69) is 0 Å². The number of nitrogens with zero attached hydrogens (tertiary/aromatic N) is 3. The summed E-state index contributed by atoms with van der Waals surface area (Å²) < 4.78 is 3.70. The van der Waals surface area contributed by atoms with E-state index in [9.17, 15) is 14.4 Å². The molecule has 1 aliphatic carbocycles. The molecule has 146 valence electrons. The van der Waals surface area contributed by atoms with Crippen LogP contribution in [0, 0.1) is 0 Å². The fourth-order valence-corrected chi connectivity index (χ4v) is 3.70. The van der Waals surface area contributed by atoms with E-state index in [-0.39, 0.29) is 18.2 Å². The number of hydrogen-bond acceptors (Lipinski definition) is 3. The number of benzene rings is 2. The fraction of sp³-hybridized carbons (Fsp3) is 0.174. The van der Waals surface area contributed by atoms with E-state index in [0.717, 1.165) is 10.1 Å². The topological polar surface area (TPSA) is 66.0 Å². The van der Waals surface area contributed by atoms with Crippen LogP contribution in [0.1, 0.15) is 27.9 Å². The molecule has 6 nitrogen and oxygen atoms in total. The van der Waals surface area contributed by atoms with Crippen molar-refractivity contribution >= 4 is 5.78 Å². The molecule has 2 atom stereocenters. The van der Waals surface area contributed by atoms with Gasteiger partial charge in [-0.25, -0.2) is 23.5 Å². The summed E-state index contributed by atoms with van der Waals surface area (Å²) in [5, 5.41) is 0. The maximum atomic E-state index is 12.9. The number of rotatable bonds is 5. The summed E-state index contributed by atoms with van der Waals surface area (Å²) in [6, 6.07) is 18.2. The Kier molecular flexibility index (Phi) is 4.99. The van der Waals surface area contributed by atoms with Crippen molar-refractivity contribution in [3.8, 4) is 0 Å². The largest absolute Gasteiger partial charge is 0.347 e. The number of Topliss-reactive ketones (excluding diaryl/α,β-unsaturated/α-hetero) is 1. The standard InChI is InChI=1S/C23H21N3O3/c1-24-22(28)25(16-21(27)18-12-6-3-7-13-18)26(23(24)29)20-15-9-8-14-19(20)17-10-4-2-5-11-17/h2-15,19-20H,16H2,1H3/t19-,20+/m1/s1. The minimum Gasteiger partial charge on any atom is -0.292 e. The maximum absolute atomic E-state index is 12.9. The van der Waals surface area contributed by atoms with Gasteiger partial charge in [-0.3, -0.25) is 4.79 Å². The van der Waals surface area contributed by atoms with Gasteiger partial charge in [0.05, 0.1) is 6.04 Å². The van der Waals surface area contributed by atoms with Crippen LogP contribution in [-0.2, 0) is 13.6 Å². The number of carbonyl (C=O) groups excluding carboxylic acids is 1. The molecule has 0 saturated heterocycles. The van der Waals surface area contributed by atoms with Gasteiger partial charge in [0.25, 0.3) is 0 Å². The van der Waals surface area contributed by atoms with E-state index < -0.39 is 17.4 Å². The highest BCUT2D eigenvalue weighted by Gasteiger charge is 2.28. The molecule has 0 bridgehead atoms. The highest BCUT2D eigenvalue weighted by atomic mass is 16.2. The third kappa shape index (κ3) is 3.45. The van der Waals surface area contributed by atoms with Gasteiger partial charge in [0.2, 0.25) is 0 Å². The van der Waals surface area contributed by atoms with Gasteiger partial charge < -0.3 is 0 Å². The molecule has 0 fully saturated rings. The predicted molar refractivity (Wildman–Crippen MR) is 111 cm³/mol. The van der Waals surface area contributed by atoms with E-state index in [1.54, 1.807) is 24.3 Å². The summed E-state index contributed by atoms with van der Waals surface area (Å²) in [7, 11) is 1.44. The second-order valence-electron chi connectivity index (χ2n) is 7.01. The molecule has 0 spiro atoms. The summed E-state index contributed by atoms with van der Waals surface area (Å²) in [6.45, 7) is -0.200. The highest BCUT2D eigenvalue weighted by molar-refractivity contribution is 5.95. The van der Waals surface area contributed by atoms with Crippen LogP contribution in [0.2, 0.25) is 0 Å². The first-order chi connectivity index (χ1) is 14.1. The summed E-state index contributed by atoms with van der Waals surface area (Å²) in [4.78, 5) is 38.5. The van der Waals surface area contributed by atoms with Crippen molar-refractivity contribution in [1.29, 1.82) is 0 Å². The Morgan fingerprint density at radius 3 is 2.17 bits per heavy atom. The van der Waals surface area contributed by atoms with Gasteiger partial charge in [-0.1, -0.05) is 85.0 Å². The Balaban J connectivity index is 1.79. The van der Waals surface area contributed by atoms with Crippen molar-refractivity contribution in [2.75, 3.05) is 0 Å². The monoisotopic (exact) mass is 387 g/mol. The van der Waals surface area contributed by atoms with Crippen LogP contribution in [0.25, 0.3) is 0 Å². The van der Waals surface area contributed by atoms with Crippen LogP contribution in [0.5, 0.6) is 0 Å². The molecule has 1 aliphatic rings. The van der Waals surface area contributed by atoms with Gasteiger partial charge in [-0.05, 0) is 5.56 Å². The lowest BCUT2D eigenvalue weighted by atomic mass is 9.88. The summed E-state index contributed by atoms with van der Waals surface area (Å²) in [5.41, 5.74) is 0.582. The van der Waals surface area contributed by atoms with Gasteiger partial charge in [0, 0.05) is 18.5 Å². The zero-order chi connectivity index (χ0) is 20.4. The van der Waals surface area contributed by atoms with Crippen LogP contribution in [-0.4, -0.2) is 19.7 Å². The molecular formula is C23H21N3O3. The van der Waals surface area contributed by atoms with Crippen LogP contribution < -0.4 is 11.4 Å². The SMILES string of the molecule is Cn1c(=O)n(CC(=O)c2ccccc2)n([C@H]2C=CC=C[C@@H]2c2ccccc2)c1=O. The van der Waals surface area contributed by atoms with Gasteiger partial charge in [0.15, 0.2) is 5.78 Å². The van der Waals surface area contributed by atoms with E-state index in [4.69, 9.17) is 0 Å². The third-order valence-electron chi connectivity index (χ3n) is 5.21. The minimum atomic E-state index is -0.506. The van der Waals surface area contributed by atoms with E-state index in [1.165, 1.54) is 16.4 Å². The fourth-order valence-electron chi connectivity index (χ4n) is 3.70. The summed E-state index contributed by atoms with van der Waals surface area (Å²) >= 11 is 0. The van der Waals surface area contributed by atoms with Crippen molar-refractivity contribution in [3.05, 3.63) is 117 Å². The van der Waals surface area contributed by atoms with Crippen molar-refractivity contribution < 1.29 is 4.79 Å². The molecular weight excluding hydrogens is 366 g/mol. The van der Waals surface area contributed by atoms with Crippen molar-refractivity contribution in [2.24, 2.45) is 7.05 Å². The summed E-state index contributed by atoms with van der Waals surface area (Å²) in [6.07, 6.45) is 7.69. The average Bonchev–Trinajstić information content (AvgIpc) is 2.98.